The van der Waals surface area contributed by atoms with Gasteiger partial charge in [0.1, 0.15) is 6.07 Å². The van der Waals surface area contributed by atoms with Crippen molar-refractivity contribution in [2.75, 3.05) is 0 Å². The third-order valence-electron chi connectivity index (χ3n) is 3.07. The lowest BCUT2D eigenvalue weighted by atomic mass is 9.81. The van der Waals surface area contributed by atoms with Crippen LogP contribution < -0.4 is 0 Å². The Balaban J connectivity index is 1.90. The summed E-state index contributed by atoms with van der Waals surface area (Å²) in [5.41, 5.74) is -0.751. The van der Waals surface area contributed by atoms with Gasteiger partial charge in [0.05, 0.1) is 5.92 Å². The minimum Gasteiger partial charge on any atom is -0.443 e. The van der Waals surface area contributed by atoms with Crippen LogP contribution in [0.3, 0.4) is 0 Å². The Hall–Kier alpha value is -1.04. The van der Waals surface area contributed by atoms with Crippen molar-refractivity contribution in [3.05, 3.63) is 0 Å². The van der Waals surface area contributed by atoms with Crippen LogP contribution >= 0.6 is 0 Å². The molecule has 2 aliphatic rings. The van der Waals surface area contributed by atoms with Gasteiger partial charge in [-0.1, -0.05) is 6.92 Å². The van der Waals surface area contributed by atoms with Crippen LogP contribution in [0.1, 0.15) is 32.6 Å². The molecule has 3 heteroatoms. The van der Waals surface area contributed by atoms with Crippen LogP contribution in [0.15, 0.2) is 0 Å². The SMILES string of the molecule is C[C@@H]1C[C@H]1C(=O)OC1(C#N)CCC1. The molecular weight excluding hydrogens is 166 g/mol. The molecule has 70 valence electrons. The van der Waals surface area contributed by atoms with E-state index in [0.717, 1.165) is 25.7 Å². The highest BCUT2D eigenvalue weighted by Crippen LogP contribution is 2.42. The number of ether oxygens (including phenoxy) is 1. The Kier molecular flexibility index (Phi) is 1.80. The molecule has 0 heterocycles. The monoisotopic (exact) mass is 179 g/mol. The summed E-state index contributed by atoms with van der Waals surface area (Å²) in [6, 6.07) is 2.10. The summed E-state index contributed by atoms with van der Waals surface area (Å²) >= 11 is 0. The molecule has 2 rings (SSSR count). The Morgan fingerprint density at radius 1 is 1.62 bits per heavy atom. The molecule has 2 aliphatic carbocycles. The fraction of sp³-hybridized carbons (Fsp3) is 0.800. The van der Waals surface area contributed by atoms with E-state index in [1.165, 1.54) is 0 Å². The predicted molar refractivity (Wildman–Crippen MR) is 45.6 cm³/mol. The molecule has 0 aromatic rings. The molecule has 0 radical (unpaired) electrons. The van der Waals surface area contributed by atoms with Crippen LogP contribution in [0, 0.1) is 23.2 Å². The number of hydrogen-bond acceptors (Lipinski definition) is 3. The smallest absolute Gasteiger partial charge is 0.310 e. The Morgan fingerprint density at radius 3 is 2.54 bits per heavy atom. The molecule has 2 fully saturated rings. The topological polar surface area (TPSA) is 50.1 Å². The van der Waals surface area contributed by atoms with E-state index in [1.54, 1.807) is 0 Å². The molecule has 0 aromatic carbocycles. The van der Waals surface area contributed by atoms with Crippen molar-refractivity contribution in [2.24, 2.45) is 11.8 Å². The lowest BCUT2D eigenvalue weighted by molar-refractivity contribution is -0.162. The Labute approximate surface area is 77.7 Å². The zero-order valence-electron chi connectivity index (χ0n) is 7.75. The normalized spacial score (nSPS) is 34.2. The average Bonchev–Trinajstić information content (AvgIpc) is 2.75. The van der Waals surface area contributed by atoms with Crippen molar-refractivity contribution >= 4 is 5.97 Å². The van der Waals surface area contributed by atoms with Crippen LogP contribution in [0.2, 0.25) is 0 Å². The van der Waals surface area contributed by atoms with E-state index in [1.807, 2.05) is 6.92 Å². The van der Waals surface area contributed by atoms with Gasteiger partial charge in [0.15, 0.2) is 5.60 Å². The minimum atomic E-state index is -0.751. The molecule has 0 aromatic heterocycles. The number of nitrogens with zero attached hydrogens (tertiary/aromatic N) is 1. The molecule has 0 amide bonds. The van der Waals surface area contributed by atoms with Gasteiger partial charge in [-0.2, -0.15) is 5.26 Å². The maximum Gasteiger partial charge on any atom is 0.310 e. The summed E-state index contributed by atoms with van der Waals surface area (Å²) in [7, 11) is 0. The molecule has 13 heavy (non-hydrogen) atoms. The Morgan fingerprint density at radius 2 is 2.23 bits per heavy atom. The summed E-state index contributed by atoms with van der Waals surface area (Å²) in [4.78, 5) is 11.4. The third kappa shape index (κ3) is 1.41. The minimum absolute atomic E-state index is 0.0748. The largest absolute Gasteiger partial charge is 0.443 e. The molecule has 3 nitrogen and oxygen atoms in total. The highest BCUT2D eigenvalue weighted by molar-refractivity contribution is 5.76. The van der Waals surface area contributed by atoms with Gasteiger partial charge in [-0.15, -0.1) is 0 Å². The van der Waals surface area contributed by atoms with E-state index in [2.05, 4.69) is 6.07 Å². The van der Waals surface area contributed by atoms with Crippen LogP contribution in [-0.4, -0.2) is 11.6 Å². The van der Waals surface area contributed by atoms with E-state index in [0.29, 0.717) is 5.92 Å². The van der Waals surface area contributed by atoms with Gasteiger partial charge >= 0.3 is 5.97 Å². The first-order valence-corrected chi connectivity index (χ1v) is 4.81. The second-order valence-electron chi connectivity index (χ2n) is 4.20. The van der Waals surface area contributed by atoms with Gasteiger partial charge in [-0.05, 0) is 18.8 Å². The van der Waals surface area contributed by atoms with Crippen LogP contribution in [0.5, 0.6) is 0 Å². The standard InChI is InChI=1S/C10H13NO2/c1-7-5-8(7)9(12)13-10(6-11)3-2-4-10/h7-8H,2-5H2,1H3/t7-,8-/m1/s1. The van der Waals surface area contributed by atoms with Crippen molar-refractivity contribution in [1.82, 2.24) is 0 Å². The number of rotatable bonds is 2. The zero-order chi connectivity index (χ0) is 9.47. The summed E-state index contributed by atoms with van der Waals surface area (Å²) in [6.45, 7) is 2.03. The molecule has 0 bridgehead atoms. The van der Waals surface area contributed by atoms with Crippen LogP contribution in [-0.2, 0) is 9.53 Å². The van der Waals surface area contributed by atoms with Gasteiger partial charge < -0.3 is 4.74 Å². The summed E-state index contributed by atoms with van der Waals surface area (Å²) in [5, 5.41) is 8.83. The number of carbonyl (C=O) groups is 1. The van der Waals surface area contributed by atoms with Gasteiger partial charge in [0.2, 0.25) is 0 Å². The van der Waals surface area contributed by atoms with Crippen molar-refractivity contribution < 1.29 is 9.53 Å². The fourth-order valence-corrected chi connectivity index (χ4v) is 1.65. The second kappa shape index (κ2) is 2.73. The van der Waals surface area contributed by atoms with Gasteiger partial charge in [0.25, 0.3) is 0 Å². The van der Waals surface area contributed by atoms with E-state index >= 15 is 0 Å². The first kappa shape index (κ1) is 8.55. The summed E-state index contributed by atoms with van der Waals surface area (Å²) < 4.78 is 5.22. The number of nitriles is 1. The van der Waals surface area contributed by atoms with Gasteiger partial charge in [-0.3, -0.25) is 4.79 Å². The molecule has 0 N–H and O–H groups in total. The highest BCUT2D eigenvalue weighted by Gasteiger charge is 2.47. The number of hydrogen-bond donors (Lipinski definition) is 0. The van der Waals surface area contributed by atoms with Gasteiger partial charge in [0, 0.05) is 12.8 Å². The molecule has 2 saturated carbocycles. The number of esters is 1. The summed E-state index contributed by atoms with van der Waals surface area (Å²) in [5.74, 6) is 0.378. The lowest BCUT2D eigenvalue weighted by Gasteiger charge is -2.34. The first-order chi connectivity index (χ1) is 6.17. The molecular formula is C10H13NO2. The van der Waals surface area contributed by atoms with E-state index in [9.17, 15) is 4.79 Å². The molecule has 2 atom stereocenters. The lowest BCUT2D eigenvalue weighted by Crippen LogP contribution is -2.40. The molecule has 0 saturated heterocycles. The first-order valence-electron chi connectivity index (χ1n) is 4.81. The summed E-state index contributed by atoms with van der Waals surface area (Å²) in [6.07, 6.45) is 3.37. The maximum atomic E-state index is 11.4. The molecule has 0 spiro atoms. The third-order valence-corrected chi connectivity index (χ3v) is 3.07. The fourth-order valence-electron chi connectivity index (χ4n) is 1.65. The van der Waals surface area contributed by atoms with E-state index in [-0.39, 0.29) is 11.9 Å². The molecule has 0 unspecified atom stereocenters. The zero-order valence-corrected chi connectivity index (χ0v) is 7.75. The van der Waals surface area contributed by atoms with Crippen LogP contribution in [0.4, 0.5) is 0 Å². The van der Waals surface area contributed by atoms with Crippen molar-refractivity contribution in [3.63, 3.8) is 0 Å². The van der Waals surface area contributed by atoms with Crippen LogP contribution in [0.25, 0.3) is 0 Å². The average molecular weight is 179 g/mol. The predicted octanol–water partition coefficient (Wildman–Crippen LogP) is 1.63. The second-order valence-corrected chi connectivity index (χ2v) is 4.20. The van der Waals surface area contributed by atoms with E-state index in [4.69, 9.17) is 10.00 Å². The molecule has 0 aliphatic heterocycles. The van der Waals surface area contributed by atoms with E-state index < -0.39 is 5.60 Å². The van der Waals surface area contributed by atoms with Crippen molar-refractivity contribution in [1.29, 1.82) is 5.26 Å². The quantitative estimate of drug-likeness (QED) is 0.605. The van der Waals surface area contributed by atoms with Gasteiger partial charge in [-0.25, -0.2) is 0 Å². The Bertz CT molecular complexity index is 275. The number of carbonyl (C=O) groups excluding carboxylic acids is 1. The van der Waals surface area contributed by atoms with Crippen molar-refractivity contribution in [3.8, 4) is 6.07 Å². The maximum absolute atomic E-state index is 11.4. The van der Waals surface area contributed by atoms with Crippen molar-refractivity contribution in [2.45, 2.75) is 38.2 Å². The highest BCUT2D eigenvalue weighted by atomic mass is 16.6.